The maximum Gasteiger partial charge on any atom is 0.245 e. The highest BCUT2D eigenvalue weighted by molar-refractivity contribution is 6.34. The van der Waals surface area contributed by atoms with Crippen molar-refractivity contribution in [2.45, 2.75) is 5.38 Å². The molecule has 86 valence electrons. The average molecular weight is 244 g/mol. The summed E-state index contributed by atoms with van der Waals surface area (Å²) in [5.41, 5.74) is 0.605. The van der Waals surface area contributed by atoms with Crippen LogP contribution in [-0.2, 0) is 4.79 Å². The lowest BCUT2D eigenvalue weighted by molar-refractivity contribution is -0.117. The van der Waals surface area contributed by atoms with E-state index in [9.17, 15) is 9.18 Å². The van der Waals surface area contributed by atoms with E-state index in [-0.39, 0.29) is 24.2 Å². The fraction of sp³-hybridized carbons (Fsp3) is 0.364. The Balaban J connectivity index is 2.23. The molecule has 0 saturated carbocycles. The molecule has 1 amide bonds. The Kier molecular flexibility index (Phi) is 3.12. The molecule has 0 aromatic heterocycles. The van der Waals surface area contributed by atoms with Crippen LogP contribution in [0.3, 0.4) is 0 Å². The summed E-state index contributed by atoms with van der Waals surface area (Å²) in [6, 6.07) is 5.63. The normalized spacial score (nSPS) is 25.2. The first-order valence-corrected chi connectivity index (χ1v) is 5.39. The Labute approximate surface area is 97.4 Å². The maximum absolute atomic E-state index is 12.7. The van der Waals surface area contributed by atoms with Crippen molar-refractivity contribution in [1.82, 2.24) is 0 Å². The molecule has 16 heavy (non-hydrogen) atoms. The molecule has 1 fully saturated rings. The third-order valence-electron chi connectivity index (χ3n) is 2.71. The summed E-state index contributed by atoms with van der Waals surface area (Å²) in [4.78, 5) is 13.2. The predicted octanol–water partition coefficient (Wildman–Crippen LogP) is 1.39. The molecule has 1 aliphatic heterocycles. The fourth-order valence-corrected chi connectivity index (χ4v) is 2.05. The third-order valence-corrected chi connectivity index (χ3v) is 3.25. The Bertz CT molecular complexity index is 395. The van der Waals surface area contributed by atoms with Crippen LogP contribution >= 0.6 is 11.6 Å². The van der Waals surface area contributed by atoms with E-state index < -0.39 is 5.38 Å². The maximum atomic E-state index is 12.7. The second-order valence-electron chi connectivity index (χ2n) is 3.77. The van der Waals surface area contributed by atoms with Crippen LogP contribution in [0.5, 0.6) is 0 Å². The smallest absolute Gasteiger partial charge is 0.245 e. The van der Waals surface area contributed by atoms with Crippen molar-refractivity contribution >= 4 is 23.2 Å². The van der Waals surface area contributed by atoms with Crippen molar-refractivity contribution in [1.29, 1.82) is 0 Å². The van der Waals surface area contributed by atoms with Gasteiger partial charge in [0.05, 0.1) is 0 Å². The van der Waals surface area contributed by atoms with Crippen molar-refractivity contribution in [2.75, 3.05) is 18.1 Å². The number of aliphatic hydroxyl groups is 1. The van der Waals surface area contributed by atoms with Crippen molar-refractivity contribution in [3.05, 3.63) is 30.1 Å². The van der Waals surface area contributed by atoms with Crippen LogP contribution in [0.15, 0.2) is 24.3 Å². The summed E-state index contributed by atoms with van der Waals surface area (Å²) in [6.45, 7) is 0.243. The number of alkyl halides is 1. The van der Waals surface area contributed by atoms with Gasteiger partial charge in [0.15, 0.2) is 0 Å². The quantitative estimate of drug-likeness (QED) is 0.798. The molecule has 0 bridgehead atoms. The molecule has 1 saturated heterocycles. The summed E-state index contributed by atoms with van der Waals surface area (Å²) in [5, 5.41) is 8.34. The zero-order valence-corrected chi connectivity index (χ0v) is 9.19. The topological polar surface area (TPSA) is 40.5 Å². The van der Waals surface area contributed by atoms with E-state index in [2.05, 4.69) is 0 Å². The highest BCUT2D eigenvalue weighted by Crippen LogP contribution is 2.28. The van der Waals surface area contributed by atoms with Gasteiger partial charge in [-0.05, 0) is 24.3 Å². The van der Waals surface area contributed by atoms with Gasteiger partial charge in [0, 0.05) is 24.8 Å². The first kappa shape index (κ1) is 11.4. The molecule has 1 heterocycles. The first-order chi connectivity index (χ1) is 7.63. The molecule has 2 unspecified atom stereocenters. The number of anilines is 1. The van der Waals surface area contributed by atoms with Crippen LogP contribution in [-0.4, -0.2) is 29.5 Å². The lowest BCUT2D eigenvalue weighted by Crippen LogP contribution is -2.27. The van der Waals surface area contributed by atoms with Crippen molar-refractivity contribution in [3.8, 4) is 0 Å². The van der Waals surface area contributed by atoms with Gasteiger partial charge in [-0.25, -0.2) is 4.39 Å². The van der Waals surface area contributed by atoms with E-state index in [1.165, 1.54) is 29.2 Å². The predicted molar refractivity (Wildman–Crippen MR) is 59.0 cm³/mol. The summed E-state index contributed by atoms with van der Waals surface area (Å²) in [6.07, 6.45) is 0. The van der Waals surface area contributed by atoms with Crippen molar-refractivity contribution in [2.24, 2.45) is 5.92 Å². The summed E-state index contributed by atoms with van der Waals surface area (Å²) in [5.74, 6) is -0.858. The van der Waals surface area contributed by atoms with Gasteiger partial charge in [0.25, 0.3) is 0 Å². The monoisotopic (exact) mass is 243 g/mol. The van der Waals surface area contributed by atoms with Gasteiger partial charge in [-0.3, -0.25) is 4.79 Å². The molecule has 3 nitrogen and oxygen atoms in total. The average Bonchev–Trinajstić information content (AvgIpc) is 2.57. The van der Waals surface area contributed by atoms with Crippen LogP contribution < -0.4 is 4.90 Å². The van der Waals surface area contributed by atoms with Gasteiger partial charge >= 0.3 is 0 Å². The number of carbonyl (C=O) groups excluding carboxylic acids is 1. The van der Waals surface area contributed by atoms with Crippen molar-refractivity contribution < 1.29 is 14.3 Å². The van der Waals surface area contributed by atoms with E-state index >= 15 is 0 Å². The van der Waals surface area contributed by atoms with Crippen LogP contribution in [0.25, 0.3) is 0 Å². The molecule has 1 N–H and O–H groups in total. The van der Waals surface area contributed by atoms with Gasteiger partial charge in [-0.1, -0.05) is 0 Å². The minimum atomic E-state index is -0.699. The molecule has 1 aliphatic rings. The molecule has 2 atom stereocenters. The lowest BCUT2D eigenvalue weighted by Gasteiger charge is -2.15. The fourth-order valence-electron chi connectivity index (χ4n) is 1.77. The minimum absolute atomic E-state index is 0.127. The second-order valence-corrected chi connectivity index (χ2v) is 4.24. The number of hydrogen-bond acceptors (Lipinski definition) is 2. The number of rotatable bonds is 2. The van der Waals surface area contributed by atoms with Crippen LogP contribution in [0.4, 0.5) is 10.1 Å². The summed E-state index contributed by atoms with van der Waals surface area (Å²) >= 11 is 5.88. The first-order valence-electron chi connectivity index (χ1n) is 4.95. The largest absolute Gasteiger partial charge is 0.396 e. The Morgan fingerprint density at radius 1 is 1.44 bits per heavy atom. The molecular weight excluding hydrogens is 233 g/mol. The minimum Gasteiger partial charge on any atom is -0.396 e. The third kappa shape index (κ3) is 1.90. The van der Waals surface area contributed by atoms with Crippen LogP contribution in [0, 0.1) is 11.7 Å². The highest BCUT2D eigenvalue weighted by Gasteiger charge is 2.39. The second kappa shape index (κ2) is 4.39. The van der Waals surface area contributed by atoms with Gasteiger partial charge < -0.3 is 10.0 Å². The zero-order chi connectivity index (χ0) is 11.7. The number of benzene rings is 1. The number of halogens is 2. The van der Waals surface area contributed by atoms with Crippen molar-refractivity contribution in [3.63, 3.8) is 0 Å². The molecule has 0 aliphatic carbocycles. The number of nitrogens with zero attached hydrogens (tertiary/aromatic N) is 1. The van der Waals surface area contributed by atoms with E-state index in [0.29, 0.717) is 12.2 Å². The molecule has 0 radical (unpaired) electrons. The zero-order valence-electron chi connectivity index (χ0n) is 8.44. The molecule has 2 rings (SSSR count). The van der Waals surface area contributed by atoms with E-state index in [1.807, 2.05) is 0 Å². The molecule has 1 aromatic carbocycles. The number of aliphatic hydroxyl groups excluding tert-OH is 1. The van der Waals surface area contributed by atoms with Gasteiger partial charge in [-0.15, -0.1) is 11.6 Å². The molecule has 1 aromatic rings. The standard InChI is InChI=1S/C11H11ClFNO2/c12-10-7(6-15)5-14(11(10)16)9-3-1-8(13)2-4-9/h1-4,7,10,15H,5-6H2. The number of amides is 1. The Morgan fingerprint density at radius 2 is 2.06 bits per heavy atom. The SMILES string of the molecule is O=C1C(Cl)C(CO)CN1c1ccc(F)cc1. The van der Waals surface area contributed by atoms with Crippen LogP contribution in [0.2, 0.25) is 0 Å². The Hall–Kier alpha value is -1.13. The highest BCUT2D eigenvalue weighted by atomic mass is 35.5. The summed E-state index contributed by atoms with van der Waals surface area (Å²) < 4.78 is 12.7. The van der Waals surface area contributed by atoms with E-state index in [0.717, 1.165) is 0 Å². The van der Waals surface area contributed by atoms with Crippen LogP contribution in [0.1, 0.15) is 0 Å². The number of hydrogen-bond donors (Lipinski definition) is 1. The lowest BCUT2D eigenvalue weighted by atomic mass is 10.1. The Morgan fingerprint density at radius 3 is 2.56 bits per heavy atom. The number of carbonyl (C=O) groups is 1. The van der Waals surface area contributed by atoms with Gasteiger partial charge in [0.2, 0.25) is 5.91 Å². The van der Waals surface area contributed by atoms with Gasteiger partial charge in [-0.2, -0.15) is 0 Å². The summed E-state index contributed by atoms with van der Waals surface area (Å²) in [7, 11) is 0. The molecule has 0 spiro atoms. The van der Waals surface area contributed by atoms with Gasteiger partial charge in [0.1, 0.15) is 11.2 Å². The molecular formula is C11H11ClFNO2. The van der Waals surface area contributed by atoms with E-state index in [4.69, 9.17) is 16.7 Å². The molecule has 5 heteroatoms. The van der Waals surface area contributed by atoms with E-state index in [1.54, 1.807) is 0 Å².